The fourth-order valence-electron chi connectivity index (χ4n) is 1.29. The smallest absolute Gasteiger partial charge is 0.344 e. The third-order valence-electron chi connectivity index (χ3n) is 2.08. The van der Waals surface area contributed by atoms with Gasteiger partial charge >= 0.3 is 5.97 Å². The van der Waals surface area contributed by atoms with E-state index in [4.69, 9.17) is 4.74 Å². The molecule has 0 aliphatic heterocycles. The van der Waals surface area contributed by atoms with Gasteiger partial charge < -0.3 is 9.47 Å². The summed E-state index contributed by atoms with van der Waals surface area (Å²) in [4.78, 5) is 10.8. The van der Waals surface area contributed by atoms with E-state index in [1.807, 2.05) is 0 Å². The zero-order chi connectivity index (χ0) is 13.2. The molecule has 0 saturated carbocycles. The summed E-state index contributed by atoms with van der Waals surface area (Å²) in [6, 6.07) is 2.24. The fourth-order valence-corrected chi connectivity index (χ4v) is 2.03. The molecule has 0 bridgehead atoms. The van der Waals surface area contributed by atoms with Gasteiger partial charge in [0, 0.05) is 6.26 Å². The Labute approximate surface area is 98.1 Å². The molecule has 0 heterocycles. The molecule has 1 rings (SSSR count). The van der Waals surface area contributed by atoms with Crippen LogP contribution in [0.2, 0.25) is 0 Å². The highest BCUT2D eigenvalue weighted by atomic mass is 32.2. The Hall–Kier alpha value is -1.63. The molecule has 0 radical (unpaired) electrons. The Morgan fingerprint density at radius 1 is 1.29 bits per heavy atom. The first-order valence-corrected chi connectivity index (χ1v) is 6.37. The molecule has 0 atom stereocenters. The molecule has 0 unspecified atom stereocenters. The first kappa shape index (κ1) is 13.4. The number of esters is 1. The quantitative estimate of drug-likeness (QED) is 0.761. The minimum atomic E-state index is -3.76. The van der Waals surface area contributed by atoms with Crippen LogP contribution in [0.15, 0.2) is 17.0 Å². The summed E-state index contributed by atoms with van der Waals surface area (Å²) in [6.45, 7) is 0. The molecule has 0 aromatic heterocycles. The van der Waals surface area contributed by atoms with E-state index in [1.54, 1.807) is 0 Å². The van der Waals surface area contributed by atoms with Crippen molar-refractivity contribution in [3.63, 3.8) is 0 Å². The lowest BCUT2D eigenvalue weighted by molar-refractivity contribution is 0.0591. The molecule has 7 heteroatoms. The summed E-state index contributed by atoms with van der Waals surface area (Å²) in [5.74, 6) is -2.25. The standard InChI is InChI=1S/C10H11FO5S/c1-15-6-4-5-7(17(3,13)14)9(11)8(6)10(12)16-2/h4-5H,1-3H3. The molecule has 0 fully saturated rings. The van der Waals surface area contributed by atoms with Crippen molar-refractivity contribution in [2.75, 3.05) is 20.5 Å². The average Bonchev–Trinajstić information content (AvgIpc) is 2.25. The van der Waals surface area contributed by atoms with Crippen LogP contribution >= 0.6 is 0 Å². The van der Waals surface area contributed by atoms with Crippen LogP contribution in [0.4, 0.5) is 4.39 Å². The first-order chi connectivity index (χ1) is 7.82. The number of hydrogen-bond acceptors (Lipinski definition) is 5. The average molecular weight is 262 g/mol. The van der Waals surface area contributed by atoms with Crippen LogP contribution in [0.5, 0.6) is 5.75 Å². The van der Waals surface area contributed by atoms with Crippen molar-refractivity contribution in [1.29, 1.82) is 0 Å². The van der Waals surface area contributed by atoms with E-state index in [1.165, 1.54) is 13.2 Å². The van der Waals surface area contributed by atoms with E-state index in [-0.39, 0.29) is 5.75 Å². The van der Waals surface area contributed by atoms with Crippen molar-refractivity contribution >= 4 is 15.8 Å². The zero-order valence-electron chi connectivity index (χ0n) is 9.48. The maximum atomic E-state index is 13.9. The minimum absolute atomic E-state index is 0.0817. The van der Waals surface area contributed by atoms with Gasteiger partial charge in [0.2, 0.25) is 0 Å². The van der Waals surface area contributed by atoms with Gasteiger partial charge in [0.05, 0.1) is 14.2 Å². The van der Waals surface area contributed by atoms with Crippen molar-refractivity contribution in [3.05, 3.63) is 23.5 Å². The molecular formula is C10H11FO5S. The third-order valence-corrected chi connectivity index (χ3v) is 3.19. The van der Waals surface area contributed by atoms with E-state index in [0.29, 0.717) is 0 Å². The second kappa shape index (κ2) is 4.70. The summed E-state index contributed by atoms with van der Waals surface area (Å²) in [5.41, 5.74) is -0.530. The van der Waals surface area contributed by atoms with E-state index < -0.39 is 32.1 Å². The van der Waals surface area contributed by atoms with Crippen LogP contribution in [0, 0.1) is 5.82 Å². The Morgan fingerprint density at radius 2 is 1.88 bits per heavy atom. The van der Waals surface area contributed by atoms with Crippen molar-refractivity contribution in [1.82, 2.24) is 0 Å². The normalized spacial score (nSPS) is 11.1. The van der Waals surface area contributed by atoms with Crippen LogP contribution in [0.25, 0.3) is 0 Å². The Morgan fingerprint density at radius 3 is 2.29 bits per heavy atom. The highest BCUT2D eigenvalue weighted by Gasteiger charge is 2.25. The predicted octanol–water partition coefficient (Wildman–Crippen LogP) is 1.02. The van der Waals surface area contributed by atoms with E-state index in [2.05, 4.69) is 4.74 Å². The van der Waals surface area contributed by atoms with Crippen molar-refractivity contribution in [2.24, 2.45) is 0 Å². The second-order valence-corrected chi connectivity index (χ2v) is 5.20. The van der Waals surface area contributed by atoms with Crippen molar-refractivity contribution in [2.45, 2.75) is 4.90 Å². The highest BCUT2D eigenvalue weighted by molar-refractivity contribution is 7.90. The predicted molar refractivity (Wildman–Crippen MR) is 57.4 cm³/mol. The van der Waals surface area contributed by atoms with Gasteiger partial charge in [-0.15, -0.1) is 0 Å². The molecule has 5 nitrogen and oxygen atoms in total. The van der Waals surface area contributed by atoms with Gasteiger partial charge in [0.15, 0.2) is 15.7 Å². The number of benzene rings is 1. The monoisotopic (exact) mass is 262 g/mol. The molecule has 17 heavy (non-hydrogen) atoms. The second-order valence-electron chi connectivity index (χ2n) is 3.22. The number of carbonyl (C=O) groups is 1. The third kappa shape index (κ3) is 2.55. The number of halogens is 1. The molecule has 0 aliphatic rings. The summed E-state index contributed by atoms with van der Waals surface area (Å²) >= 11 is 0. The van der Waals surface area contributed by atoms with Gasteiger partial charge in [-0.3, -0.25) is 0 Å². The van der Waals surface area contributed by atoms with Crippen LogP contribution in [0.1, 0.15) is 10.4 Å². The Bertz CT molecular complexity index is 550. The SMILES string of the molecule is COC(=O)c1c(OC)ccc(S(C)(=O)=O)c1F. The summed E-state index contributed by atoms with van der Waals surface area (Å²) in [7, 11) is -1.46. The Kier molecular flexibility index (Phi) is 3.72. The summed E-state index contributed by atoms with van der Waals surface area (Å²) in [6.07, 6.45) is 0.846. The van der Waals surface area contributed by atoms with E-state index in [9.17, 15) is 17.6 Å². The molecule has 0 aliphatic carbocycles. The maximum Gasteiger partial charge on any atom is 0.344 e. The highest BCUT2D eigenvalue weighted by Crippen LogP contribution is 2.27. The lowest BCUT2D eigenvalue weighted by Crippen LogP contribution is -2.11. The number of hydrogen-bond donors (Lipinski definition) is 0. The fraction of sp³-hybridized carbons (Fsp3) is 0.300. The number of sulfone groups is 1. The zero-order valence-corrected chi connectivity index (χ0v) is 10.3. The Balaban J connectivity index is 3.60. The lowest BCUT2D eigenvalue weighted by atomic mass is 10.2. The number of carbonyl (C=O) groups excluding carboxylic acids is 1. The molecular weight excluding hydrogens is 251 g/mol. The van der Waals surface area contributed by atoms with Gasteiger partial charge in [0.25, 0.3) is 0 Å². The number of ether oxygens (including phenoxy) is 2. The van der Waals surface area contributed by atoms with E-state index >= 15 is 0 Å². The van der Waals surface area contributed by atoms with Crippen LogP contribution in [-0.2, 0) is 14.6 Å². The van der Waals surface area contributed by atoms with Gasteiger partial charge in [-0.1, -0.05) is 0 Å². The molecule has 0 amide bonds. The molecule has 1 aromatic rings. The topological polar surface area (TPSA) is 69.7 Å². The van der Waals surface area contributed by atoms with Gasteiger partial charge in [-0.2, -0.15) is 0 Å². The molecule has 0 N–H and O–H groups in total. The lowest BCUT2D eigenvalue weighted by Gasteiger charge is -2.10. The maximum absolute atomic E-state index is 13.9. The molecule has 1 aromatic carbocycles. The van der Waals surface area contributed by atoms with Gasteiger partial charge in [-0.25, -0.2) is 17.6 Å². The van der Waals surface area contributed by atoms with Crippen molar-refractivity contribution < 1.29 is 27.1 Å². The molecule has 0 saturated heterocycles. The number of methoxy groups -OCH3 is 2. The van der Waals surface area contributed by atoms with Crippen LogP contribution in [-0.4, -0.2) is 34.9 Å². The van der Waals surface area contributed by atoms with E-state index in [0.717, 1.165) is 19.4 Å². The summed E-state index contributed by atoms with van der Waals surface area (Å²) < 4.78 is 45.6. The first-order valence-electron chi connectivity index (χ1n) is 4.47. The van der Waals surface area contributed by atoms with Gasteiger partial charge in [-0.05, 0) is 12.1 Å². The minimum Gasteiger partial charge on any atom is -0.496 e. The largest absolute Gasteiger partial charge is 0.496 e. The molecule has 0 spiro atoms. The summed E-state index contributed by atoms with van der Waals surface area (Å²) in [5, 5.41) is 0. The van der Waals surface area contributed by atoms with Crippen molar-refractivity contribution in [3.8, 4) is 5.75 Å². The van der Waals surface area contributed by atoms with Crippen LogP contribution < -0.4 is 4.74 Å². The molecule has 94 valence electrons. The van der Waals surface area contributed by atoms with Crippen LogP contribution in [0.3, 0.4) is 0 Å². The number of rotatable bonds is 3. The van der Waals surface area contributed by atoms with Gasteiger partial charge in [0.1, 0.15) is 16.2 Å².